The first-order chi connectivity index (χ1) is 10.3. The lowest BCUT2D eigenvalue weighted by Crippen LogP contribution is -2.40. The summed E-state index contributed by atoms with van der Waals surface area (Å²) in [7, 11) is 6.07. The van der Waals surface area contributed by atoms with Gasteiger partial charge < -0.3 is 4.90 Å². The summed E-state index contributed by atoms with van der Waals surface area (Å²) in [6.07, 6.45) is 17.9. The SMILES string of the molecule is [B]C1CCN(C(CCCCCC)CCCCCCC)CC1. The van der Waals surface area contributed by atoms with E-state index in [1.54, 1.807) is 0 Å². The molecule has 0 N–H and O–H groups in total. The largest absolute Gasteiger partial charge is 0.300 e. The van der Waals surface area contributed by atoms with Crippen LogP contribution >= 0.6 is 0 Å². The molecule has 1 rings (SSSR count). The van der Waals surface area contributed by atoms with Gasteiger partial charge in [0, 0.05) is 6.04 Å². The van der Waals surface area contributed by atoms with Crippen molar-refractivity contribution in [2.45, 2.75) is 109 Å². The van der Waals surface area contributed by atoms with Crippen molar-refractivity contribution in [1.82, 2.24) is 4.90 Å². The van der Waals surface area contributed by atoms with Gasteiger partial charge in [-0.15, -0.1) is 0 Å². The molecule has 1 aliphatic heterocycles. The van der Waals surface area contributed by atoms with Gasteiger partial charge in [-0.2, -0.15) is 0 Å². The average molecular weight is 291 g/mol. The van der Waals surface area contributed by atoms with E-state index in [0.29, 0.717) is 5.82 Å². The summed E-state index contributed by atoms with van der Waals surface area (Å²) >= 11 is 0. The second-order valence-corrected chi connectivity index (χ2v) is 7.08. The summed E-state index contributed by atoms with van der Waals surface area (Å²) in [4.78, 5) is 2.76. The van der Waals surface area contributed by atoms with Crippen molar-refractivity contribution in [1.29, 1.82) is 0 Å². The van der Waals surface area contributed by atoms with E-state index >= 15 is 0 Å². The molecule has 0 aromatic carbocycles. The quantitative estimate of drug-likeness (QED) is 0.327. The van der Waals surface area contributed by atoms with E-state index in [4.69, 9.17) is 7.85 Å². The van der Waals surface area contributed by atoms with Crippen molar-refractivity contribution < 1.29 is 0 Å². The lowest BCUT2D eigenvalue weighted by atomic mass is 9.79. The zero-order valence-corrected chi connectivity index (χ0v) is 14.8. The molecule has 0 aliphatic carbocycles. The summed E-state index contributed by atoms with van der Waals surface area (Å²) in [6, 6.07) is 0.844. The van der Waals surface area contributed by atoms with Crippen LogP contribution in [0.25, 0.3) is 0 Å². The van der Waals surface area contributed by atoms with E-state index in [1.165, 1.54) is 96.6 Å². The predicted molar refractivity (Wildman–Crippen MR) is 96.2 cm³/mol. The highest BCUT2D eigenvalue weighted by Crippen LogP contribution is 2.25. The van der Waals surface area contributed by atoms with Gasteiger partial charge in [-0.1, -0.05) is 77.5 Å². The van der Waals surface area contributed by atoms with Gasteiger partial charge in [0.2, 0.25) is 0 Å². The molecule has 0 aromatic rings. The molecule has 0 saturated carbocycles. The third-order valence-electron chi connectivity index (χ3n) is 5.12. The van der Waals surface area contributed by atoms with Crippen molar-refractivity contribution in [2.24, 2.45) is 0 Å². The standard InChI is InChI=1S/C19H38BN/c1-3-5-7-9-11-13-19(12-10-8-6-4-2)21-16-14-18(20)15-17-21/h18-19H,3-17H2,1-2H3. The minimum atomic E-state index is 0.464. The van der Waals surface area contributed by atoms with Crippen LogP contribution in [-0.2, 0) is 0 Å². The Morgan fingerprint density at radius 3 is 1.81 bits per heavy atom. The van der Waals surface area contributed by atoms with Gasteiger partial charge in [-0.05, 0) is 38.8 Å². The van der Waals surface area contributed by atoms with Crippen LogP contribution in [0.3, 0.4) is 0 Å². The number of likely N-dealkylation sites (tertiary alicyclic amines) is 1. The van der Waals surface area contributed by atoms with E-state index in [9.17, 15) is 0 Å². The molecule has 2 heteroatoms. The molecule has 2 radical (unpaired) electrons. The molecular weight excluding hydrogens is 253 g/mol. The third-order valence-corrected chi connectivity index (χ3v) is 5.12. The van der Waals surface area contributed by atoms with E-state index in [-0.39, 0.29) is 0 Å². The fraction of sp³-hybridized carbons (Fsp3) is 1.00. The monoisotopic (exact) mass is 291 g/mol. The number of rotatable bonds is 12. The van der Waals surface area contributed by atoms with Crippen LogP contribution in [0.5, 0.6) is 0 Å². The topological polar surface area (TPSA) is 3.24 Å². The molecule has 0 spiro atoms. The fourth-order valence-corrected chi connectivity index (χ4v) is 3.58. The van der Waals surface area contributed by atoms with Gasteiger partial charge >= 0.3 is 0 Å². The van der Waals surface area contributed by atoms with Crippen LogP contribution in [-0.4, -0.2) is 31.9 Å². The highest BCUT2D eigenvalue weighted by molar-refractivity contribution is 6.11. The number of piperidine rings is 1. The molecule has 0 amide bonds. The van der Waals surface area contributed by atoms with Gasteiger partial charge in [-0.25, -0.2) is 0 Å². The molecule has 1 atom stereocenters. The van der Waals surface area contributed by atoms with E-state index in [1.807, 2.05) is 0 Å². The van der Waals surface area contributed by atoms with Crippen molar-refractivity contribution in [2.75, 3.05) is 13.1 Å². The average Bonchev–Trinajstić information content (AvgIpc) is 2.50. The number of nitrogens with zero attached hydrogens (tertiary/aromatic N) is 1. The summed E-state index contributed by atoms with van der Waals surface area (Å²) < 4.78 is 0. The smallest absolute Gasteiger partial charge is 0.0700 e. The lowest BCUT2D eigenvalue weighted by Gasteiger charge is -2.37. The predicted octanol–water partition coefficient (Wildman–Crippen LogP) is 5.74. The molecule has 1 aliphatic rings. The Morgan fingerprint density at radius 2 is 1.29 bits per heavy atom. The first-order valence-corrected chi connectivity index (χ1v) is 9.77. The van der Waals surface area contributed by atoms with Crippen LogP contribution in [0, 0.1) is 0 Å². The molecule has 21 heavy (non-hydrogen) atoms. The minimum absolute atomic E-state index is 0.464. The maximum atomic E-state index is 6.07. The van der Waals surface area contributed by atoms with Gasteiger partial charge in [0.1, 0.15) is 0 Å². The normalized spacial score (nSPS) is 19.0. The molecule has 122 valence electrons. The molecule has 1 heterocycles. The zero-order valence-electron chi connectivity index (χ0n) is 14.8. The molecule has 1 saturated heterocycles. The maximum absolute atomic E-state index is 6.07. The fourth-order valence-electron chi connectivity index (χ4n) is 3.58. The molecule has 1 nitrogen and oxygen atoms in total. The van der Waals surface area contributed by atoms with E-state index < -0.39 is 0 Å². The molecular formula is C19H38BN. The van der Waals surface area contributed by atoms with Gasteiger partial charge in [0.25, 0.3) is 0 Å². The Morgan fingerprint density at radius 1 is 0.810 bits per heavy atom. The first kappa shape index (κ1) is 19.1. The molecule has 0 aromatic heterocycles. The summed E-state index contributed by atoms with van der Waals surface area (Å²) in [5, 5.41) is 0. The van der Waals surface area contributed by atoms with Crippen molar-refractivity contribution in [3.05, 3.63) is 0 Å². The molecule has 1 fully saturated rings. The minimum Gasteiger partial charge on any atom is -0.300 e. The summed E-state index contributed by atoms with van der Waals surface area (Å²) in [6.45, 7) is 7.09. The molecule has 1 unspecified atom stereocenters. The highest BCUT2D eigenvalue weighted by Gasteiger charge is 2.22. The lowest BCUT2D eigenvalue weighted by molar-refractivity contribution is 0.143. The van der Waals surface area contributed by atoms with Crippen LogP contribution in [0.2, 0.25) is 5.82 Å². The molecule has 0 bridgehead atoms. The third kappa shape index (κ3) is 8.91. The Bertz CT molecular complexity index is 224. The van der Waals surface area contributed by atoms with Crippen LogP contribution in [0.1, 0.15) is 97.3 Å². The van der Waals surface area contributed by atoms with Crippen molar-refractivity contribution in [3.8, 4) is 0 Å². The number of unbranched alkanes of at least 4 members (excludes halogenated alkanes) is 7. The van der Waals surface area contributed by atoms with Crippen LogP contribution in [0.15, 0.2) is 0 Å². The number of hydrogen-bond donors (Lipinski definition) is 0. The van der Waals surface area contributed by atoms with Gasteiger partial charge in [0.05, 0.1) is 7.85 Å². The highest BCUT2D eigenvalue weighted by atomic mass is 15.2. The van der Waals surface area contributed by atoms with Gasteiger partial charge in [-0.3, -0.25) is 0 Å². The second-order valence-electron chi connectivity index (χ2n) is 7.08. The van der Waals surface area contributed by atoms with Crippen molar-refractivity contribution >= 4 is 7.85 Å². The Balaban J connectivity index is 2.27. The van der Waals surface area contributed by atoms with Crippen LogP contribution in [0.4, 0.5) is 0 Å². The zero-order chi connectivity index (χ0) is 15.3. The van der Waals surface area contributed by atoms with Crippen LogP contribution < -0.4 is 0 Å². The summed E-state index contributed by atoms with van der Waals surface area (Å²) in [5.74, 6) is 0.464. The first-order valence-electron chi connectivity index (χ1n) is 9.77. The van der Waals surface area contributed by atoms with E-state index in [2.05, 4.69) is 18.7 Å². The van der Waals surface area contributed by atoms with E-state index in [0.717, 1.165) is 6.04 Å². The number of hydrogen-bond acceptors (Lipinski definition) is 1. The maximum Gasteiger partial charge on any atom is 0.0700 e. The Kier molecular flexibility index (Phi) is 11.4. The second kappa shape index (κ2) is 12.6. The Hall–Kier alpha value is 0.0249. The summed E-state index contributed by atoms with van der Waals surface area (Å²) in [5.41, 5.74) is 0. The Labute approximate surface area is 135 Å². The van der Waals surface area contributed by atoms with Gasteiger partial charge in [0.15, 0.2) is 0 Å². The van der Waals surface area contributed by atoms with Crippen molar-refractivity contribution in [3.63, 3.8) is 0 Å².